The van der Waals surface area contributed by atoms with Crippen LogP contribution in [0.3, 0.4) is 0 Å². The molecule has 4 heteroatoms. The first-order valence-corrected chi connectivity index (χ1v) is 6.20. The monoisotopic (exact) mass is 231 g/mol. The van der Waals surface area contributed by atoms with E-state index in [9.17, 15) is 5.11 Å². The number of hydrogen-bond donors (Lipinski definition) is 2. The maximum absolute atomic E-state index is 9.59. The average molecular weight is 231 g/mol. The lowest BCUT2D eigenvalue weighted by Crippen LogP contribution is -2.32. The molecule has 0 aliphatic heterocycles. The van der Waals surface area contributed by atoms with Crippen molar-refractivity contribution in [3.8, 4) is 0 Å². The molecule has 0 aromatic heterocycles. The molecule has 96 valence electrons. The molecule has 4 nitrogen and oxygen atoms in total. The van der Waals surface area contributed by atoms with Gasteiger partial charge in [-0.1, -0.05) is 6.92 Å². The summed E-state index contributed by atoms with van der Waals surface area (Å²) in [6.07, 6.45) is 1.06. The maximum Gasteiger partial charge on any atom is 0.0897 e. The first kappa shape index (κ1) is 13.9. The van der Waals surface area contributed by atoms with Gasteiger partial charge in [-0.3, -0.25) is 0 Å². The van der Waals surface area contributed by atoms with Crippen molar-refractivity contribution < 1.29 is 14.6 Å². The zero-order chi connectivity index (χ0) is 12.0. The zero-order valence-corrected chi connectivity index (χ0v) is 10.6. The van der Waals surface area contributed by atoms with Crippen LogP contribution < -0.4 is 5.32 Å². The van der Waals surface area contributed by atoms with Crippen LogP contribution in [0.25, 0.3) is 0 Å². The van der Waals surface area contributed by atoms with Crippen molar-refractivity contribution >= 4 is 0 Å². The summed E-state index contributed by atoms with van der Waals surface area (Å²) in [5, 5.41) is 12.9. The van der Waals surface area contributed by atoms with Crippen LogP contribution in [0.1, 0.15) is 27.2 Å². The van der Waals surface area contributed by atoms with E-state index in [1.54, 1.807) is 0 Å². The van der Waals surface area contributed by atoms with E-state index in [0.717, 1.165) is 5.92 Å². The molecule has 0 radical (unpaired) electrons. The minimum absolute atomic E-state index is 0.242. The highest BCUT2D eigenvalue weighted by Crippen LogP contribution is 2.28. The molecular weight excluding hydrogens is 206 g/mol. The molecular formula is C12H25NO3. The number of hydrogen-bond acceptors (Lipinski definition) is 4. The van der Waals surface area contributed by atoms with E-state index in [2.05, 4.69) is 12.2 Å². The van der Waals surface area contributed by atoms with Crippen LogP contribution in [0.15, 0.2) is 0 Å². The Morgan fingerprint density at radius 1 is 1.38 bits per heavy atom. The number of ether oxygens (including phenoxy) is 2. The molecule has 1 fully saturated rings. The van der Waals surface area contributed by atoms with Crippen molar-refractivity contribution in [3.05, 3.63) is 0 Å². The third-order valence-electron chi connectivity index (χ3n) is 2.71. The summed E-state index contributed by atoms with van der Waals surface area (Å²) in [5.74, 6) is 0.771. The highest BCUT2D eigenvalue weighted by molar-refractivity contribution is 4.89. The molecule has 3 atom stereocenters. The van der Waals surface area contributed by atoms with Crippen LogP contribution >= 0.6 is 0 Å². The van der Waals surface area contributed by atoms with E-state index in [1.165, 1.54) is 6.42 Å². The fourth-order valence-corrected chi connectivity index (χ4v) is 1.51. The van der Waals surface area contributed by atoms with E-state index < -0.39 is 6.10 Å². The minimum atomic E-state index is -0.410. The molecule has 1 aliphatic rings. The second-order valence-corrected chi connectivity index (χ2v) is 4.88. The number of aliphatic hydroxyl groups excluding tert-OH is 1. The molecule has 2 N–H and O–H groups in total. The van der Waals surface area contributed by atoms with Gasteiger partial charge in [0.25, 0.3) is 0 Å². The zero-order valence-electron chi connectivity index (χ0n) is 10.6. The summed E-state index contributed by atoms with van der Waals surface area (Å²) in [6, 6.07) is 0.610. The molecule has 0 amide bonds. The Balaban J connectivity index is 1.84. The summed E-state index contributed by atoms with van der Waals surface area (Å²) >= 11 is 0. The van der Waals surface area contributed by atoms with Crippen LogP contribution in [0.4, 0.5) is 0 Å². The van der Waals surface area contributed by atoms with Gasteiger partial charge in [0, 0.05) is 12.6 Å². The van der Waals surface area contributed by atoms with Crippen LogP contribution in [0.5, 0.6) is 0 Å². The Labute approximate surface area is 98.3 Å². The number of aliphatic hydroxyl groups is 1. The van der Waals surface area contributed by atoms with Gasteiger partial charge in [0.05, 0.1) is 32.0 Å². The van der Waals surface area contributed by atoms with Crippen molar-refractivity contribution in [2.75, 3.05) is 26.4 Å². The van der Waals surface area contributed by atoms with Crippen molar-refractivity contribution in [3.63, 3.8) is 0 Å². The summed E-state index contributed by atoms with van der Waals surface area (Å²) in [7, 11) is 0. The molecule has 0 bridgehead atoms. The van der Waals surface area contributed by atoms with Crippen molar-refractivity contribution in [1.29, 1.82) is 0 Å². The minimum Gasteiger partial charge on any atom is -0.389 e. The summed E-state index contributed by atoms with van der Waals surface area (Å²) < 4.78 is 10.6. The maximum atomic E-state index is 9.59. The van der Waals surface area contributed by atoms with E-state index in [1.807, 2.05) is 13.8 Å². The fraction of sp³-hybridized carbons (Fsp3) is 1.00. The van der Waals surface area contributed by atoms with Gasteiger partial charge in [-0.15, -0.1) is 0 Å². The first-order chi connectivity index (χ1) is 7.59. The smallest absolute Gasteiger partial charge is 0.0897 e. The van der Waals surface area contributed by atoms with Gasteiger partial charge >= 0.3 is 0 Å². The van der Waals surface area contributed by atoms with Gasteiger partial charge in [-0.25, -0.2) is 0 Å². The summed E-state index contributed by atoms with van der Waals surface area (Å²) in [6.45, 7) is 8.36. The molecule has 1 aliphatic carbocycles. The fourth-order valence-electron chi connectivity index (χ4n) is 1.51. The molecule has 0 saturated heterocycles. The van der Waals surface area contributed by atoms with E-state index in [4.69, 9.17) is 9.47 Å². The molecule has 0 aromatic carbocycles. The largest absolute Gasteiger partial charge is 0.389 e. The highest BCUT2D eigenvalue weighted by atomic mass is 16.5. The lowest BCUT2D eigenvalue weighted by Gasteiger charge is -2.13. The van der Waals surface area contributed by atoms with Crippen LogP contribution in [-0.4, -0.2) is 49.7 Å². The molecule has 16 heavy (non-hydrogen) atoms. The predicted molar refractivity (Wildman–Crippen MR) is 63.5 cm³/mol. The Kier molecular flexibility index (Phi) is 6.28. The van der Waals surface area contributed by atoms with Crippen molar-refractivity contribution in [2.45, 2.75) is 45.4 Å². The second-order valence-electron chi connectivity index (χ2n) is 4.88. The lowest BCUT2D eigenvalue weighted by molar-refractivity contribution is -0.0101. The first-order valence-electron chi connectivity index (χ1n) is 6.20. The Morgan fingerprint density at radius 3 is 2.62 bits per heavy atom. The topological polar surface area (TPSA) is 50.7 Å². The molecule has 1 saturated carbocycles. The normalized spacial score (nSPS) is 26.1. The molecule has 1 rings (SSSR count). The average Bonchev–Trinajstić information content (AvgIpc) is 2.91. The third kappa shape index (κ3) is 6.43. The highest BCUT2D eigenvalue weighted by Gasteiger charge is 2.32. The second kappa shape index (κ2) is 7.22. The predicted octanol–water partition coefficient (Wildman–Crippen LogP) is 0.787. The van der Waals surface area contributed by atoms with E-state index in [-0.39, 0.29) is 6.10 Å². The van der Waals surface area contributed by atoms with E-state index in [0.29, 0.717) is 32.4 Å². The third-order valence-corrected chi connectivity index (χ3v) is 2.71. The van der Waals surface area contributed by atoms with Gasteiger partial charge in [0.15, 0.2) is 0 Å². The van der Waals surface area contributed by atoms with Crippen LogP contribution in [0, 0.1) is 5.92 Å². The quantitative estimate of drug-likeness (QED) is 0.576. The van der Waals surface area contributed by atoms with Crippen LogP contribution in [-0.2, 0) is 9.47 Å². The standard InChI is InChI=1S/C12H25NO3/c1-9(2)16-5-4-15-8-11(14)7-13-12-6-10(12)3/h9-14H,4-8H2,1-3H3. The van der Waals surface area contributed by atoms with Gasteiger partial charge in [-0.05, 0) is 26.2 Å². The van der Waals surface area contributed by atoms with Crippen LogP contribution in [0.2, 0.25) is 0 Å². The number of nitrogens with one attached hydrogen (secondary N) is 1. The Hall–Kier alpha value is -0.160. The Bertz CT molecular complexity index is 187. The molecule has 0 aromatic rings. The summed E-state index contributed by atoms with van der Waals surface area (Å²) in [5.41, 5.74) is 0. The molecule has 0 spiro atoms. The van der Waals surface area contributed by atoms with E-state index >= 15 is 0 Å². The van der Waals surface area contributed by atoms with Gasteiger partial charge in [-0.2, -0.15) is 0 Å². The molecule has 3 unspecified atom stereocenters. The van der Waals surface area contributed by atoms with Gasteiger partial charge in [0.1, 0.15) is 0 Å². The number of rotatable bonds is 9. The Morgan fingerprint density at radius 2 is 2.06 bits per heavy atom. The van der Waals surface area contributed by atoms with Crippen molar-refractivity contribution in [1.82, 2.24) is 5.32 Å². The van der Waals surface area contributed by atoms with Crippen molar-refractivity contribution in [2.24, 2.45) is 5.92 Å². The molecule has 0 heterocycles. The van der Waals surface area contributed by atoms with Gasteiger partial charge in [0.2, 0.25) is 0 Å². The summed E-state index contributed by atoms with van der Waals surface area (Å²) in [4.78, 5) is 0. The lowest BCUT2D eigenvalue weighted by atomic mass is 10.3. The SMILES string of the molecule is CC(C)OCCOCC(O)CNC1CC1C. The van der Waals surface area contributed by atoms with Gasteiger partial charge < -0.3 is 19.9 Å².